The standard InChI is InChI=1S/C15H9F3N4O2/c16-15(17,18)12-3-1-2-9(21-12)8-24-14(23)11-5-4-10-13(22-11)20-7-6-19-10/h1-7H,8H2. The Kier molecular flexibility index (Phi) is 4.07. The van der Waals surface area contributed by atoms with E-state index in [9.17, 15) is 18.0 Å². The number of hydrogen-bond donors (Lipinski definition) is 0. The molecule has 3 heterocycles. The maximum Gasteiger partial charge on any atom is 0.433 e. The fourth-order valence-corrected chi connectivity index (χ4v) is 1.90. The van der Waals surface area contributed by atoms with Crippen LogP contribution in [0.5, 0.6) is 0 Å². The van der Waals surface area contributed by atoms with Crippen LogP contribution in [0, 0.1) is 0 Å². The van der Waals surface area contributed by atoms with Crippen molar-refractivity contribution in [1.29, 1.82) is 0 Å². The van der Waals surface area contributed by atoms with Crippen molar-refractivity contribution in [2.24, 2.45) is 0 Å². The van der Waals surface area contributed by atoms with Crippen LogP contribution in [-0.2, 0) is 17.5 Å². The summed E-state index contributed by atoms with van der Waals surface area (Å²) < 4.78 is 42.7. The van der Waals surface area contributed by atoms with E-state index >= 15 is 0 Å². The van der Waals surface area contributed by atoms with Crippen molar-refractivity contribution < 1.29 is 22.7 Å². The fourth-order valence-electron chi connectivity index (χ4n) is 1.90. The van der Waals surface area contributed by atoms with Gasteiger partial charge in [-0.25, -0.2) is 19.7 Å². The van der Waals surface area contributed by atoms with E-state index in [0.29, 0.717) is 5.52 Å². The smallest absolute Gasteiger partial charge is 0.433 e. The van der Waals surface area contributed by atoms with Crippen molar-refractivity contribution in [3.8, 4) is 0 Å². The zero-order chi connectivity index (χ0) is 17.2. The van der Waals surface area contributed by atoms with E-state index in [1.165, 1.54) is 30.6 Å². The number of alkyl halides is 3. The molecule has 0 aromatic carbocycles. The Morgan fingerprint density at radius 3 is 2.62 bits per heavy atom. The van der Waals surface area contributed by atoms with Gasteiger partial charge in [0.05, 0.1) is 5.69 Å². The first kappa shape index (κ1) is 15.8. The lowest BCUT2D eigenvalue weighted by molar-refractivity contribution is -0.141. The van der Waals surface area contributed by atoms with Gasteiger partial charge in [-0.2, -0.15) is 13.2 Å². The monoisotopic (exact) mass is 334 g/mol. The van der Waals surface area contributed by atoms with Gasteiger partial charge in [0.1, 0.15) is 17.8 Å². The first-order chi connectivity index (χ1) is 11.4. The highest BCUT2D eigenvalue weighted by Crippen LogP contribution is 2.27. The third-order valence-electron chi connectivity index (χ3n) is 2.99. The minimum Gasteiger partial charge on any atom is -0.454 e. The average molecular weight is 334 g/mol. The summed E-state index contributed by atoms with van der Waals surface area (Å²) >= 11 is 0. The molecule has 0 amide bonds. The summed E-state index contributed by atoms with van der Waals surface area (Å²) in [5, 5.41) is 0. The molecule has 0 spiro atoms. The molecule has 6 nitrogen and oxygen atoms in total. The van der Waals surface area contributed by atoms with Gasteiger partial charge in [0.2, 0.25) is 0 Å². The van der Waals surface area contributed by atoms with E-state index in [1.54, 1.807) is 6.07 Å². The minimum absolute atomic E-state index is 0.0150. The molecule has 3 aromatic rings. The highest BCUT2D eigenvalue weighted by Gasteiger charge is 2.32. The van der Waals surface area contributed by atoms with Crippen LogP contribution in [0.15, 0.2) is 42.7 Å². The first-order valence-corrected chi connectivity index (χ1v) is 6.71. The van der Waals surface area contributed by atoms with Crippen molar-refractivity contribution >= 4 is 17.1 Å². The van der Waals surface area contributed by atoms with Crippen LogP contribution in [0.25, 0.3) is 11.2 Å². The fraction of sp³-hybridized carbons (Fsp3) is 0.133. The summed E-state index contributed by atoms with van der Waals surface area (Å²) in [6, 6.07) is 6.33. The molecular weight excluding hydrogens is 325 g/mol. The second kappa shape index (κ2) is 6.19. The number of carbonyl (C=O) groups excluding carboxylic acids is 1. The van der Waals surface area contributed by atoms with Crippen molar-refractivity contribution in [3.05, 3.63) is 59.8 Å². The molecule has 0 saturated carbocycles. The number of nitrogens with zero attached hydrogens (tertiary/aromatic N) is 4. The molecule has 0 fully saturated rings. The van der Waals surface area contributed by atoms with Crippen molar-refractivity contribution in [2.45, 2.75) is 12.8 Å². The summed E-state index contributed by atoms with van der Waals surface area (Å²) in [6.45, 7) is -0.400. The maximum atomic E-state index is 12.6. The van der Waals surface area contributed by atoms with Crippen LogP contribution in [0.2, 0.25) is 0 Å². The normalized spacial score (nSPS) is 11.5. The molecule has 0 aliphatic rings. The second-order valence-corrected chi connectivity index (χ2v) is 4.68. The van der Waals surface area contributed by atoms with E-state index in [4.69, 9.17) is 4.74 Å². The highest BCUT2D eigenvalue weighted by atomic mass is 19.4. The molecule has 0 N–H and O–H groups in total. The third kappa shape index (κ3) is 3.45. The summed E-state index contributed by atoms with van der Waals surface area (Å²) in [5.41, 5.74) is -0.304. The van der Waals surface area contributed by atoms with Gasteiger partial charge in [-0.3, -0.25) is 4.98 Å². The largest absolute Gasteiger partial charge is 0.454 e. The van der Waals surface area contributed by atoms with Crippen LogP contribution >= 0.6 is 0 Å². The molecule has 122 valence electrons. The summed E-state index contributed by atoms with van der Waals surface area (Å²) in [6.07, 6.45) is -1.64. The Morgan fingerprint density at radius 1 is 1.04 bits per heavy atom. The number of hydrogen-bond acceptors (Lipinski definition) is 6. The van der Waals surface area contributed by atoms with E-state index in [1.807, 2.05) is 0 Å². The molecule has 3 rings (SSSR count). The van der Waals surface area contributed by atoms with Crippen LogP contribution in [-0.4, -0.2) is 25.9 Å². The SMILES string of the molecule is O=C(OCc1cccc(C(F)(F)F)n1)c1ccc2nccnc2n1. The highest BCUT2D eigenvalue weighted by molar-refractivity contribution is 5.89. The predicted molar refractivity (Wildman–Crippen MR) is 75.7 cm³/mol. The Labute approximate surface area is 133 Å². The maximum absolute atomic E-state index is 12.6. The lowest BCUT2D eigenvalue weighted by atomic mass is 10.3. The Bertz CT molecular complexity index is 899. The molecule has 0 unspecified atom stereocenters. The number of halogens is 3. The van der Waals surface area contributed by atoms with Crippen LogP contribution < -0.4 is 0 Å². The van der Waals surface area contributed by atoms with E-state index in [0.717, 1.165) is 6.07 Å². The first-order valence-electron chi connectivity index (χ1n) is 6.71. The van der Waals surface area contributed by atoms with Crippen LogP contribution in [0.4, 0.5) is 13.2 Å². The Hall–Kier alpha value is -3.10. The lowest BCUT2D eigenvalue weighted by Crippen LogP contribution is -2.12. The number of esters is 1. The molecule has 0 aliphatic heterocycles. The van der Waals surface area contributed by atoms with Gasteiger partial charge in [0.15, 0.2) is 11.3 Å². The van der Waals surface area contributed by atoms with Gasteiger partial charge in [0, 0.05) is 12.4 Å². The lowest BCUT2D eigenvalue weighted by Gasteiger charge is -2.08. The van der Waals surface area contributed by atoms with Crippen LogP contribution in [0.3, 0.4) is 0 Å². The number of ether oxygens (including phenoxy) is 1. The molecule has 0 atom stereocenters. The average Bonchev–Trinajstić information content (AvgIpc) is 2.59. The molecule has 0 aliphatic carbocycles. The summed E-state index contributed by atoms with van der Waals surface area (Å²) in [4.78, 5) is 27.3. The number of rotatable bonds is 3. The number of aromatic nitrogens is 4. The van der Waals surface area contributed by atoms with Crippen LogP contribution in [0.1, 0.15) is 21.9 Å². The Morgan fingerprint density at radius 2 is 1.83 bits per heavy atom. The minimum atomic E-state index is -4.56. The van der Waals surface area contributed by atoms with Gasteiger partial charge >= 0.3 is 12.1 Å². The molecule has 0 bridgehead atoms. The topological polar surface area (TPSA) is 77.9 Å². The zero-order valence-electron chi connectivity index (χ0n) is 12.0. The Balaban J connectivity index is 1.73. The number of fused-ring (bicyclic) bond motifs is 1. The predicted octanol–water partition coefficient (Wildman–Crippen LogP) is 2.80. The van der Waals surface area contributed by atoms with E-state index in [2.05, 4.69) is 19.9 Å². The number of carbonyl (C=O) groups is 1. The molecule has 9 heteroatoms. The van der Waals surface area contributed by atoms with E-state index < -0.39 is 24.4 Å². The van der Waals surface area contributed by atoms with Gasteiger partial charge < -0.3 is 4.74 Å². The quantitative estimate of drug-likeness (QED) is 0.686. The molecule has 24 heavy (non-hydrogen) atoms. The third-order valence-corrected chi connectivity index (χ3v) is 2.99. The van der Waals surface area contributed by atoms with Crippen molar-refractivity contribution in [2.75, 3.05) is 0 Å². The van der Waals surface area contributed by atoms with Crippen molar-refractivity contribution in [1.82, 2.24) is 19.9 Å². The zero-order valence-corrected chi connectivity index (χ0v) is 12.0. The summed E-state index contributed by atoms with van der Waals surface area (Å²) in [5.74, 6) is -0.790. The van der Waals surface area contributed by atoms with E-state index in [-0.39, 0.29) is 17.0 Å². The van der Waals surface area contributed by atoms with Crippen molar-refractivity contribution in [3.63, 3.8) is 0 Å². The van der Waals surface area contributed by atoms with Gasteiger partial charge in [-0.15, -0.1) is 0 Å². The number of pyridine rings is 2. The van der Waals surface area contributed by atoms with Gasteiger partial charge in [0.25, 0.3) is 0 Å². The van der Waals surface area contributed by atoms with Gasteiger partial charge in [-0.05, 0) is 24.3 Å². The molecule has 0 radical (unpaired) electrons. The second-order valence-electron chi connectivity index (χ2n) is 4.68. The molecule has 3 aromatic heterocycles. The molecular formula is C15H9F3N4O2. The summed E-state index contributed by atoms with van der Waals surface area (Å²) in [7, 11) is 0. The molecule has 0 saturated heterocycles. The van der Waals surface area contributed by atoms with Gasteiger partial charge in [-0.1, -0.05) is 6.07 Å².